The molecular weight excluding hydrogens is 304 g/mol. The molecule has 2 N–H and O–H groups in total. The molecule has 0 heterocycles. The van der Waals surface area contributed by atoms with Gasteiger partial charge in [-0.3, -0.25) is 0 Å². The maximum atomic E-state index is 5.47. The number of aryl methyl sites for hydroxylation is 2. The van der Waals surface area contributed by atoms with E-state index in [4.69, 9.17) is 17.0 Å². The Balaban J connectivity index is 2.04. The number of anilines is 1. The van der Waals surface area contributed by atoms with Crippen molar-refractivity contribution >= 4 is 23.0 Å². The molecule has 2 aromatic rings. The quantitative estimate of drug-likeness (QED) is 0.776. The molecule has 0 spiro atoms. The van der Waals surface area contributed by atoms with Gasteiger partial charge < -0.3 is 15.4 Å². The standard InChI is InChI=1S/C19H24N2OS/c1-5-17(15-7-9-16(22-4)10-8-15)20-19(23)21-18-11-6-13(2)12-14(18)3/h6-12,17H,5H2,1-4H3,(H2,20,21,23)/t17-/m0/s1. The third-order valence-corrected chi connectivity index (χ3v) is 4.08. The minimum Gasteiger partial charge on any atom is -0.497 e. The van der Waals surface area contributed by atoms with Crippen LogP contribution in [0.1, 0.15) is 36.1 Å². The van der Waals surface area contributed by atoms with Gasteiger partial charge in [0, 0.05) is 5.69 Å². The lowest BCUT2D eigenvalue weighted by molar-refractivity contribution is 0.414. The van der Waals surface area contributed by atoms with Crippen molar-refractivity contribution < 1.29 is 4.74 Å². The fraction of sp³-hybridized carbons (Fsp3) is 0.316. The monoisotopic (exact) mass is 328 g/mol. The van der Waals surface area contributed by atoms with Crippen molar-refractivity contribution in [3.05, 3.63) is 59.2 Å². The Morgan fingerprint density at radius 3 is 2.39 bits per heavy atom. The Morgan fingerprint density at radius 2 is 1.83 bits per heavy atom. The maximum Gasteiger partial charge on any atom is 0.171 e. The molecule has 2 rings (SSSR count). The number of methoxy groups -OCH3 is 1. The Labute approximate surface area is 144 Å². The van der Waals surface area contributed by atoms with Crippen molar-refractivity contribution in [2.75, 3.05) is 12.4 Å². The molecule has 0 fully saturated rings. The highest BCUT2D eigenvalue weighted by Gasteiger charge is 2.11. The number of ether oxygens (including phenoxy) is 1. The van der Waals surface area contributed by atoms with Crippen LogP contribution in [0.5, 0.6) is 5.75 Å². The van der Waals surface area contributed by atoms with E-state index in [-0.39, 0.29) is 6.04 Å². The molecule has 0 saturated heterocycles. The van der Waals surface area contributed by atoms with Gasteiger partial charge in [-0.25, -0.2) is 0 Å². The SMILES string of the molecule is CC[C@H](NC(=S)Nc1ccc(C)cc1C)c1ccc(OC)cc1. The van der Waals surface area contributed by atoms with Crippen LogP contribution in [0.3, 0.4) is 0 Å². The summed E-state index contributed by atoms with van der Waals surface area (Å²) >= 11 is 5.47. The van der Waals surface area contributed by atoms with Gasteiger partial charge in [0.05, 0.1) is 13.2 Å². The zero-order valence-electron chi connectivity index (χ0n) is 14.1. The lowest BCUT2D eigenvalue weighted by Crippen LogP contribution is -2.32. The van der Waals surface area contributed by atoms with Gasteiger partial charge in [-0.2, -0.15) is 0 Å². The topological polar surface area (TPSA) is 33.3 Å². The molecule has 4 heteroatoms. The van der Waals surface area contributed by atoms with Crippen molar-refractivity contribution in [3.63, 3.8) is 0 Å². The predicted molar refractivity (Wildman–Crippen MR) is 101 cm³/mol. The molecule has 23 heavy (non-hydrogen) atoms. The molecule has 0 saturated carbocycles. The van der Waals surface area contributed by atoms with Crippen molar-refractivity contribution in [2.45, 2.75) is 33.2 Å². The second-order valence-electron chi connectivity index (χ2n) is 5.65. The molecule has 0 radical (unpaired) electrons. The van der Waals surface area contributed by atoms with Crippen molar-refractivity contribution in [1.82, 2.24) is 5.32 Å². The van der Waals surface area contributed by atoms with E-state index in [1.165, 1.54) is 16.7 Å². The van der Waals surface area contributed by atoms with E-state index in [0.29, 0.717) is 5.11 Å². The number of thiocarbonyl (C=S) groups is 1. The average molecular weight is 328 g/mol. The molecule has 3 nitrogen and oxygen atoms in total. The number of hydrogen-bond acceptors (Lipinski definition) is 2. The van der Waals surface area contributed by atoms with Crippen LogP contribution in [0.2, 0.25) is 0 Å². The first kappa shape index (κ1) is 17.3. The van der Waals surface area contributed by atoms with Crippen molar-refractivity contribution in [2.24, 2.45) is 0 Å². The molecule has 2 aromatic carbocycles. The van der Waals surface area contributed by atoms with E-state index in [2.05, 4.69) is 61.7 Å². The summed E-state index contributed by atoms with van der Waals surface area (Å²) in [7, 11) is 1.67. The average Bonchev–Trinajstić information content (AvgIpc) is 2.55. The molecule has 0 unspecified atom stereocenters. The molecular formula is C19H24N2OS. The zero-order valence-corrected chi connectivity index (χ0v) is 15.0. The first-order valence-electron chi connectivity index (χ1n) is 7.82. The van der Waals surface area contributed by atoms with Crippen LogP contribution < -0.4 is 15.4 Å². The molecule has 0 bridgehead atoms. The van der Waals surface area contributed by atoms with E-state index >= 15 is 0 Å². The van der Waals surface area contributed by atoms with Gasteiger partial charge in [0.15, 0.2) is 5.11 Å². The molecule has 0 aromatic heterocycles. The summed E-state index contributed by atoms with van der Waals surface area (Å²) in [4.78, 5) is 0. The number of benzene rings is 2. The molecule has 122 valence electrons. The molecule has 0 amide bonds. The molecule has 0 aliphatic carbocycles. The first-order valence-corrected chi connectivity index (χ1v) is 8.23. The van der Waals surface area contributed by atoms with Gasteiger partial charge in [0.1, 0.15) is 5.75 Å². The summed E-state index contributed by atoms with van der Waals surface area (Å²) < 4.78 is 5.21. The minimum absolute atomic E-state index is 0.173. The summed E-state index contributed by atoms with van der Waals surface area (Å²) in [6.45, 7) is 6.31. The Kier molecular flexibility index (Phi) is 5.99. The van der Waals surface area contributed by atoms with Crippen LogP contribution in [0.15, 0.2) is 42.5 Å². The second-order valence-corrected chi connectivity index (χ2v) is 6.06. The van der Waals surface area contributed by atoms with Gasteiger partial charge >= 0.3 is 0 Å². The Bertz CT molecular complexity index is 668. The summed E-state index contributed by atoms with van der Waals surface area (Å²) in [6, 6.07) is 14.5. The third-order valence-electron chi connectivity index (χ3n) is 3.86. The van der Waals surface area contributed by atoms with E-state index < -0.39 is 0 Å². The molecule has 0 aliphatic heterocycles. The number of hydrogen-bond donors (Lipinski definition) is 2. The Hall–Kier alpha value is -2.07. The highest BCUT2D eigenvalue weighted by molar-refractivity contribution is 7.80. The third kappa shape index (κ3) is 4.70. The van der Waals surface area contributed by atoms with Gasteiger partial charge in [-0.1, -0.05) is 36.8 Å². The predicted octanol–water partition coefficient (Wildman–Crippen LogP) is 4.75. The van der Waals surface area contributed by atoms with Crippen LogP contribution in [0.4, 0.5) is 5.69 Å². The highest BCUT2D eigenvalue weighted by Crippen LogP contribution is 2.21. The smallest absolute Gasteiger partial charge is 0.171 e. The fourth-order valence-corrected chi connectivity index (χ4v) is 2.78. The summed E-state index contributed by atoms with van der Waals surface area (Å²) in [5.41, 5.74) is 4.67. The molecule has 1 atom stereocenters. The van der Waals surface area contributed by atoms with Gasteiger partial charge in [0.25, 0.3) is 0 Å². The lowest BCUT2D eigenvalue weighted by atomic mass is 10.0. The van der Waals surface area contributed by atoms with Crippen molar-refractivity contribution in [3.8, 4) is 5.75 Å². The van der Waals surface area contributed by atoms with Gasteiger partial charge in [-0.05, 0) is 61.8 Å². The highest BCUT2D eigenvalue weighted by atomic mass is 32.1. The van der Waals surface area contributed by atoms with Crippen LogP contribution in [-0.2, 0) is 0 Å². The van der Waals surface area contributed by atoms with Gasteiger partial charge in [-0.15, -0.1) is 0 Å². The first-order chi connectivity index (χ1) is 11.0. The fourth-order valence-electron chi connectivity index (χ4n) is 2.53. The summed E-state index contributed by atoms with van der Waals surface area (Å²) in [5, 5.41) is 7.32. The normalized spacial score (nSPS) is 11.7. The van der Waals surface area contributed by atoms with Crippen LogP contribution >= 0.6 is 12.2 Å². The van der Waals surface area contributed by atoms with E-state index in [0.717, 1.165) is 17.9 Å². The minimum atomic E-state index is 0.173. The number of rotatable bonds is 5. The van der Waals surface area contributed by atoms with Crippen molar-refractivity contribution in [1.29, 1.82) is 0 Å². The van der Waals surface area contributed by atoms with Crippen LogP contribution in [0, 0.1) is 13.8 Å². The summed E-state index contributed by atoms with van der Waals surface area (Å²) in [5.74, 6) is 0.861. The summed E-state index contributed by atoms with van der Waals surface area (Å²) in [6.07, 6.45) is 0.945. The molecule has 0 aliphatic rings. The Morgan fingerprint density at radius 1 is 1.13 bits per heavy atom. The van der Waals surface area contributed by atoms with E-state index in [9.17, 15) is 0 Å². The van der Waals surface area contributed by atoms with E-state index in [1.807, 2.05) is 12.1 Å². The number of nitrogens with one attached hydrogen (secondary N) is 2. The largest absolute Gasteiger partial charge is 0.497 e. The second kappa shape index (κ2) is 7.97. The zero-order chi connectivity index (χ0) is 16.8. The van der Waals surface area contributed by atoms with Gasteiger partial charge in [0.2, 0.25) is 0 Å². The van der Waals surface area contributed by atoms with Crippen LogP contribution in [-0.4, -0.2) is 12.2 Å². The maximum absolute atomic E-state index is 5.47. The van der Waals surface area contributed by atoms with E-state index in [1.54, 1.807) is 7.11 Å². The lowest BCUT2D eigenvalue weighted by Gasteiger charge is -2.21. The van der Waals surface area contributed by atoms with Crippen LogP contribution in [0.25, 0.3) is 0 Å².